The molecule has 0 spiro atoms. The molecule has 0 bridgehead atoms. The van der Waals surface area contributed by atoms with E-state index in [0.717, 1.165) is 0 Å². The van der Waals surface area contributed by atoms with Gasteiger partial charge in [0.2, 0.25) is 10.0 Å². The smallest absolute Gasteiger partial charge is 0.310 e. The average Bonchev–Trinajstić information content (AvgIpc) is 2.77. The van der Waals surface area contributed by atoms with Gasteiger partial charge in [0.05, 0.1) is 10.3 Å². The summed E-state index contributed by atoms with van der Waals surface area (Å²) in [6.07, 6.45) is 0.307. The Morgan fingerprint density at radius 3 is 2.65 bits per heavy atom. The van der Waals surface area contributed by atoms with Gasteiger partial charge in [0.15, 0.2) is 0 Å². The lowest BCUT2D eigenvalue weighted by atomic mass is 9.90. The van der Waals surface area contributed by atoms with Crippen molar-refractivity contribution in [1.29, 1.82) is 0 Å². The first-order chi connectivity index (χ1) is 9.17. The molecule has 1 fully saturated rings. The summed E-state index contributed by atoms with van der Waals surface area (Å²) >= 11 is 5.86. The van der Waals surface area contributed by atoms with E-state index in [-0.39, 0.29) is 18.0 Å². The maximum absolute atomic E-state index is 12.6. The van der Waals surface area contributed by atoms with Gasteiger partial charge in [-0.1, -0.05) is 17.7 Å². The Morgan fingerprint density at radius 2 is 2.10 bits per heavy atom. The Labute approximate surface area is 123 Å². The van der Waals surface area contributed by atoms with E-state index < -0.39 is 21.4 Å². The molecule has 110 valence electrons. The Hall–Kier alpha value is -1.11. The number of nitrogens with zero attached hydrogens (tertiary/aromatic N) is 1. The highest BCUT2D eigenvalue weighted by molar-refractivity contribution is 7.89. The molecule has 1 saturated heterocycles. The molecule has 7 heteroatoms. The van der Waals surface area contributed by atoms with Gasteiger partial charge in [0.1, 0.15) is 0 Å². The highest BCUT2D eigenvalue weighted by Gasteiger charge is 2.45. The zero-order chi connectivity index (χ0) is 15.1. The van der Waals surface area contributed by atoms with Crippen molar-refractivity contribution in [3.63, 3.8) is 0 Å². The van der Waals surface area contributed by atoms with E-state index in [9.17, 15) is 18.3 Å². The van der Waals surface area contributed by atoms with Gasteiger partial charge in [-0.15, -0.1) is 0 Å². The molecule has 0 saturated carbocycles. The molecule has 1 aromatic rings. The number of carboxylic acids is 1. The van der Waals surface area contributed by atoms with Gasteiger partial charge >= 0.3 is 5.97 Å². The minimum Gasteiger partial charge on any atom is -0.481 e. The third-order valence-electron chi connectivity index (χ3n) is 3.72. The number of benzene rings is 1. The van der Waals surface area contributed by atoms with Gasteiger partial charge in [-0.05, 0) is 38.0 Å². The normalized spacial score (nSPS) is 23.9. The summed E-state index contributed by atoms with van der Waals surface area (Å²) in [5, 5.41) is 9.52. The summed E-state index contributed by atoms with van der Waals surface area (Å²) < 4.78 is 26.4. The molecule has 20 heavy (non-hydrogen) atoms. The molecule has 0 amide bonds. The lowest BCUT2D eigenvalue weighted by molar-refractivity contribution is -0.146. The quantitative estimate of drug-likeness (QED) is 0.926. The van der Waals surface area contributed by atoms with Crippen LogP contribution in [0.4, 0.5) is 0 Å². The third-order valence-corrected chi connectivity index (χ3v) is 5.94. The standard InChI is InChI=1S/C13H16ClNO4S/c1-9-3-4-10(14)7-11(9)20(18,19)15-6-5-13(2,8-15)12(16)17/h3-4,7H,5-6,8H2,1-2H3,(H,16,17). The molecule has 1 heterocycles. The first kappa shape index (κ1) is 15.3. The lowest BCUT2D eigenvalue weighted by Crippen LogP contribution is -2.35. The Balaban J connectivity index is 2.38. The van der Waals surface area contributed by atoms with E-state index in [4.69, 9.17) is 11.6 Å². The first-order valence-corrected chi connectivity index (χ1v) is 7.98. The number of hydrogen-bond donors (Lipinski definition) is 1. The van der Waals surface area contributed by atoms with Gasteiger partial charge in [-0.2, -0.15) is 4.31 Å². The number of rotatable bonds is 3. The summed E-state index contributed by atoms with van der Waals surface area (Å²) in [4.78, 5) is 11.3. The summed E-state index contributed by atoms with van der Waals surface area (Å²) in [6, 6.07) is 4.67. The summed E-state index contributed by atoms with van der Waals surface area (Å²) in [7, 11) is -3.71. The molecule has 1 N–H and O–H groups in total. The van der Waals surface area contributed by atoms with Crippen LogP contribution in [0.3, 0.4) is 0 Å². The van der Waals surface area contributed by atoms with Crippen LogP contribution < -0.4 is 0 Å². The SMILES string of the molecule is Cc1ccc(Cl)cc1S(=O)(=O)N1CCC(C)(C(=O)O)C1. The predicted molar refractivity (Wildman–Crippen MR) is 75.3 cm³/mol. The van der Waals surface area contributed by atoms with Crippen LogP contribution in [0.1, 0.15) is 18.9 Å². The molecule has 1 aromatic carbocycles. The fraction of sp³-hybridized carbons (Fsp3) is 0.462. The van der Waals surface area contributed by atoms with E-state index >= 15 is 0 Å². The van der Waals surface area contributed by atoms with E-state index in [1.54, 1.807) is 26.0 Å². The van der Waals surface area contributed by atoms with Crippen molar-refractivity contribution >= 4 is 27.6 Å². The molecule has 0 aromatic heterocycles. The zero-order valence-corrected chi connectivity index (χ0v) is 12.8. The van der Waals surface area contributed by atoms with E-state index in [0.29, 0.717) is 17.0 Å². The summed E-state index contributed by atoms with van der Waals surface area (Å²) in [5.41, 5.74) is -0.433. The molecule has 2 rings (SSSR count). The molecule has 0 aliphatic carbocycles. The Kier molecular flexibility index (Phi) is 3.83. The van der Waals surface area contributed by atoms with Crippen LogP contribution in [0, 0.1) is 12.3 Å². The van der Waals surface area contributed by atoms with Gasteiger partial charge in [0.25, 0.3) is 0 Å². The van der Waals surface area contributed by atoms with Crippen LogP contribution in [-0.4, -0.2) is 36.9 Å². The van der Waals surface area contributed by atoms with Crippen molar-refractivity contribution in [3.05, 3.63) is 28.8 Å². The highest BCUT2D eigenvalue weighted by atomic mass is 35.5. The average molecular weight is 318 g/mol. The Bertz CT molecular complexity index is 658. The predicted octanol–water partition coefficient (Wildman–Crippen LogP) is 2.13. The minimum absolute atomic E-state index is 0.0172. The number of halogens is 1. The van der Waals surface area contributed by atoms with E-state index in [1.807, 2.05) is 0 Å². The molecule has 1 unspecified atom stereocenters. The van der Waals surface area contributed by atoms with Gasteiger partial charge in [0, 0.05) is 18.1 Å². The van der Waals surface area contributed by atoms with Crippen LogP contribution in [0.15, 0.2) is 23.1 Å². The van der Waals surface area contributed by atoms with Crippen LogP contribution in [-0.2, 0) is 14.8 Å². The number of hydrogen-bond acceptors (Lipinski definition) is 3. The number of carboxylic acid groups (broad SMARTS) is 1. The Morgan fingerprint density at radius 1 is 1.45 bits per heavy atom. The van der Waals surface area contributed by atoms with Gasteiger partial charge < -0.3 is 5.11 Å². The van der Waals surface area contributed by atoms with Crippen molar-refractivity contribution in [3.8, 4) is 0 Å². The van der Waals surface area contributed by atoms with Crippen LogP contribution in [0.5, 0.6) is 0 Å². The van der Waals surface area contributed by atoms with Crippen LogP contribution >= 0.6 is 11.6 Å². The molecule has 5 nitrogen and oxygen atoms in total. The van der Waals surface area contributed by atoms with Crippen molar-refractivity contribution in [2.75, 3.05) is 13.1 Å². The van der Waals surface area contributed by atoms with Crippen molar-refractivity contribution < 1.29 is 18.3 Å². The fourth-order valence-electron chi connectivity index (χ4n) is 2.29. The fourth-order valence-corrected chi connectivity index (χ4v) is 4.34. The van der Waals surface area contributed by atoms with Crippen LogP contribution in [0.25, 0.3) is 0 Å². The zero-order valence-electron chi connectivity index (χ0n) is 11.3. The molecular weight excluding hydrogens is 302 g/mol. The van der Waals surface area contributed by atoms with Gasteiger partial charge in [-0.25, -0.2) is 8.42 Å². The molecular formula is C13H16ClNO4S. The number of aliphatic carboxylic acids is 1. The third kappa shape index (κ3) is 2.55. The maximum atomic E-state index is 12.6. The number of sulfonamides is 1. The number of carbonyl (C=O) groups is 1. The first-order valence-electron chi connectivity index (χ1n) is 6.16. The van der Waals surface area contributed by atoms with Gasteiger partial charge in [-0.3, -0.25) is 4.79 Å². The summed E-state index contributed by atoms with van der Waals surface area (Å²) in [6.45, 7) is 3.44. The van der Waals surface area contributed by atoms with Crippen molar-refractivity contribution in [2.24, 2.45) is 5.41 Å². The van der Waals surface area contributed by atoms with E-state index in [2.05, 4.69) is 0 Å². The maximum Gasteiger partial charge on any atom is 0.310 e. The minimum atomic E-state index is -3.71. The topological polar surface area (TPSA) is 74.7 Å². The lowest BCUT2D eigenvalue weighted by Gasteiger charge is -2.21. The summed E-state index contributed by atoms with van der Waals surface area (Å²) in [5.74, 6) is -0.974. The van der Waals surface area contributed by atoms with Crippen molar-refractivity contribution in [1.82, 2.24) is 4.31 Å². The molecule has 0 radical (unpaired) electrons. The molecule has 1 aliphatic rings. The second-order valence-corrected chi connectivity index (χ2v) is 7.71. The van der Waals surface area contributed by atoms with E-state index in [1.165, 1.54) is 10.4 Å². The molecule has 1 atom stereocenters. The highest BCUT2D eigenvalue weighted by Crippen LogP contribution is 2.34. The number of aryl methyl sites for hydroxylation is 1. The largest absolute Gasteiger partial charge is 0.481 e. The van der Waals surface area contributed by atoms with Crippen LogP contribution in [0.2, 0.25) is 5.02 Å². The molecule has 1 aliphatic heterocycles. The monoisotopic (exact) mass is 317 g/mol. The second kappa shape index (κ2) is 5.02. The second-order valence-electron chi connectivity index (χ2n) is 5.36. The van der Waals surface area contributed by atoms with Crippen molar-refractivity contribution in [2.45, 2.75) is 25.2 Å².